The first-order valence-electron chi connectivity index (χ1n) is 6.19. The molecule has 0 unspecified atom stereocenters. The summed E-state index contributed by atoms with van der Waals surface area (Å²) in [4.78, 5) is 19.4. The van der Waals surface area contributed by atoms with E-state index in [1.807, 2.05) is 24.3 Å². The third-order valence-electron chi connectivity index (χ3n) is 2.93. The molecule has 21 heavy (non-hydrogen) atoms. The highest BCUT2D eigenvalue weighted by atomic mass is 35.5. The smallest absolute Gasteiger partial charge is 0.340 e. The van der Waals surface area contributed by atoms with Gasteiger partial charge in [0.2, 0.25) is 0 Å². The number of para-hydroxylation sites is 2. The van der Waals surface area contributed by atoms with Crippen molar-refractivity contribution in [3.63, 3.8) is 0 Å². The molecule has 106 valence electrons. The Kier molecular flexibility index (Phi) is 3.82. The van der Waals surface area contributed by atoms with Gasteiger partial charge < -0.3 is 9.72 Å². The minimum Gasteiger partial charge on any atom is -0.454 e. The van der Waals surface area contributed by atoms with Crippen molar-refractivity contribution in [1.29, 1.82) is 0 Å². The molecule has 0 saturated heterocycles. The largest absolute Gasteiger partial charge is 0.454 e. The van der Waals surface area contributed by atoms with Crippen LogP contribution in [0.4, 0.5) is 0 Å². The molecular weight excluding hydrogens is 311 g/mol. The van der Waals surface area contributed by atoms with E-state index in [0.29, 0.717) is 10.8 Å². The van der Waals surface area contributed by atoms with Gasteiger partial charge in [0.25, 0.3) is 0 Å². The summed E-state index contributed by atoms with van der Waals surface area (Å²) in [6.45, 7) is 0.0481. The van der Waals surface area contributed by atoms with Crippen LogP contribution in [-0.2, 0) is 11.3 Å². The Hall–Kier alpha value is -2.04. The number of halogens is 2. The quantitative estimate of drug-likeness (QED) is 0.735. The van der Waals surface area contributed by atoms with Crippen LogP contribution in [0.15, 0.2) is 42.5 Å². The Morgan fingerprint density at radius 3 is 2.76 bits per heavy atom. The molecular formula is C15H10Cl2N2O2. The standard InChI is InChI=1S/C15H10Cl2N2O2/c16-9-5-6-10(11(17)7-9)15(20)21-8-14-18-12-3-1-2-4-13(12)19-14/h1-7H,8H2,(H,18,19). The van der Waals surface area contributed by atoms with Crippen molar-refractivity contribution < 1.29 is 9.53 Å². The second-order valence-electron chi connectivity index (χ2n) is 4.40. The molecule has 0 aliphatic heterocycles. The van der Waals surface area contributed by atoms with E-state index in [0.717, 1.165) is 11.0 Å². The van der Waals surface area contributed by atoms with Crippen molar-refractivity contribution in [2.24, 2.45) is 0 Å². The topological polar surface area (TPSA) is 55.0 Å². The summed E-state index contributed by atoms with van der Waals surface area (Å²) in [5, 5.41) is 0.728. The van der Waals surface area contributed by atoms with Gasteiger partial charge in [-0.3, -0.25) is 0 Å². The van der Waals surface area contributed by atoms with Gasteiger partial charge in [0.1, 0.15) is 12.4 Å². The monoisotopic (exact) mass is 320 g/mol. The number of carbonyl (C=O) groups is 1. The van der Waals surface area contributed by atoms with Gasteiger partial charge in [-0.2, -0.15) is 0 Å². The first kappa shape index (κ1) is 13.9. The molecule has 0 aliphatic rings. The Morgan fingerprint density at radius 1 is 1.19 bits per heavy atom. The molecule has 0 radical (unpaired) electrons. The number of imidazole rings is 1. The van der Waals surface area contributed by atoms with E-state index in [9.17, 15) is 4.79 Å². The fraction of sp³-hybridized carbons (Fsp3) is 0.0667. The lowest BCUT2D eigenvalue weighted by Crippen LogP contribution is -2.06. The molecule has 0 saturated carbocycles. The molecule has 1 N–H and O–H groups in total. The van der Waals surface area contributed by atoms with Gasteiger partial charge in [0.15, 0.2) is 0 Å². The number of aromatic amines is 1. The number of esters is 1. The highest BCUT2D eigenvalue weighted by Crippen LogP contribution is 2.22. The van der Waals surface area contributed by atoms with E-state index in [1.54, 1.807) is 6.07 Å². The van der Waals surface area contributed by atoms with Crippen LogP contribution in [0.3, 0.4) is 0 Å². The number of benzene rings is 2. The Morgan fingerprint density at radius 2 is 2.00 bits per heavy atom. The summed E-state index contributed by atoms with van der Waals surface area (Å²) in [7, 11) is 0. The summed E-state index contributed by atoms with van der Waals surface area (Å²) in [5.41, 5.74) is 2.00. The molecule has 2 aromatic carbocycles. The number of aromatic nitrogens is 2. The van der Waals surface area contributed by atoms with Crippen molar-refractivity contribution in [2.75, 3.05) is 0 Å². The van der Waals surface area contributed by atoms with E-state index in [1.165, 1.54) is 12.1 Å². The van der Waals surface area contributed by atoms with E-state index in [-0.39, 0.29) is 17.2 Å². The lowest BCUT2D eigenvalue weighted by atomic mass is 10.2. The van der Waals surface area contributed by atoms with Crippen LogP contribution in [0, 0.1) is 0 Å². The third kappa shape index (κ3) is 3.01. The van der Waals surface area contributed by atoms with Gasteiger partial charge in [-0.1, -0.05) is 35.3 Å². The number of hydrogen-bond donors (Lipinski definition) is 1. The molecule has 0 amide bonds. The Bertz CT molecular complexity index is 781. The number of ether oxygens (including phenoxy) is 1. The molecule has 1 aromatic heterocycles. The number of nitrogens with one attached hydrogen (secondary N) is 1. The molecule has 0 fully saturated rings. The van der Waals surface area contributed by atoms with Crippen LogP contribution in [0.2, 0.25) is 10.0 Å². The summed E-state index contributed by atoms with van der Waals surface area (Å²) >= 11 is 11.7. The fourth-order valence-electron chi connectivity index (χ4n) is 1.94. The summed E-state index contributed by atoms with van der Waals surface area (Å²) in [5.74, 6) is 0.0618. The predicted molar refractivity (Wildman–Crippen MR) is 81.7 cm³/mol. The van der Waals surface area contributed by atoms with Gasteiger partial charge in [-0.15, -0.1) is 0 Å². The molecule has 6 heteroatoms. The number of nitrogens with zero attached hydrogens (tertiary/aromatic N) is 1. The highest BCUT2D eigenvalue weighted by molar-refractivity contribution is 6.36. The van der Waals surface area contributed by atoms with Gasteiger partial charge in [-0.25, -0.2) is 9.78 Å². The van der Waals surface area contributed by atoms with Gasteiger partial charge in [0.05, 0.1) is 21.6 Å². The number of fused-ring (bicyclic) bond motifs is 1. The number of carbonyl (C=O) groups excluding carboxylic acids is 1. The zero-order chi connectivity index (χ0) is 14.8. The second-order valence-corrected chi connectivity index (χ2v) is 5.24. The number of H-pyrrole nitrogens is 1. The van der Waals surface area contributed by atoms with Crippen LogP contribution >= 0.6 is 23.2 Å². The van der Waals surface area contributed by atoms with Crippen LogP contribution in [0.25, 0.3) is 11.0 Å². The van der Waals surface area contributed by atoms with Crippen LogP contribution in [0.1, 0.15) is 16.2 Å². The van der Waals surface area contributed by atoms with Crippen molar-refractivity contribution in [1.82, 2.24) is 9.97 Å². The predicted octanol–water partition coefficient (Wildman–Crippen LogP) is 4.23. The maximum atomic E-state index is 12.0. The average Bonchev–Trinajstić information content (AvgIpc) is 2.87. The lowest BCUT2D eigenvalue weighted by Gasteiger charge is -2.05. The molecule has 4 nitrogen and oxygen atoms in total. The van der Waals surface area contributed by atoms with Gasteiger partial charge in [-0.05, 0) is 30.3 Å². The lowest BCUT2D eigenvalue weighted by molar-refractivity contribution is 0.0464. The van der Waals surface area contributed by atoms with E-state index in [4.69, 9.17) is 27.9 Å². The van der Waals surface area contributed by atoms with Gasteiger partial charge >= 0.3 is 5.97 Å². The summed E-state index contributed by atoms with van der Waals surface area (Å²) in [6.07, 6.45) is 0. The van der Waals surface area contributed by atoms with Crippen molar-refractivity contribution in [2.45, 2.75) is 6.61 Å². The Balaban J connectivity index is 1.73. The molecule has 1 heterocycles. The summed E-state index contributed by atoms with van der Waals surface area (Å²) in [6, 6.07) is 12.2. The summed E-state index contributed by atoms with van der Waals surface area (Å²) < 4.78 is 5.20. The first-order chi connectivity index (χ1) is 10.1. The van der Waals surface area contributed by atoms with Crippen molar-refractivity contribution >= 4 is 40.2 Å². The zero-order valence-corrected chi connectivity index (χ0v) is 12.3. The normalized spacial score (nSPS) is 10.8. The van der Waals surface area contributed by atoms with Crippen LogP contribution < -0.4 is 0 Å². The molecule has 3 rings (SSSR count). The average molecular weight is 321 g/mol. The fourth-order valence-corrected chi connectivity index (χ4v) is 2.43. The Labute approximate surface area is 130 Å². The number of hydrogen-bond acceptors (Lipinski definition) is 3. The molecule has 0 bridgehead atoms. The minimum absolute atomic E-state index is 0.0481. The maximum Gasteiger partial charge on any atom is 0.340 e. The molecule has 0 aliphatic carbocycles. The number of rotatable bonds is 3. The van der Waals surface area contributed by atoms with E-state index >= 15 is 0 Å². The van der Waals surface area contributed by atoms with E-state index < -0.39 is 5.97 Å². The molecule has 0 atom stereocenters. The van der Waals surface area contributed by atoms with Crippen LogP contribution in [-0.4, -0.2) is 15.9 Å². The first-order valence-corrected chi connectivity index (χ1v) is 6.95. The van der Waals surface area contributed by atoms with Crippen LogP contribution in [0.5, 0.6) is 0 Å². The highest BCUT2D eigenvalue weighted by Gasteiger charge is 2.13. The zero-order valence-electron chi connectivity index (χ0n) is 10.8. The van der Waals surface area contributed by atoms with Crippen molar-refractivity contribution in [3.05, 3.63) is 63.9 Å². The van der Waals surface area contributed by atoms with E-state index in [2.05, 4.69) is 9.97 Å². The second kappa shape index (κ2) is 5.76. The SMILES string of the molecule is O=C(OCc1nc2ccccc2[nH]1)c1ccc(Cl)cc1Cl. The third-order valence-corrected chi connectivity index (χ3v) is 3.48. The maximum absolute atomic E-state index is 12.0. The van der Waals surface area contributed by atoms with Crippen molar-refractivity contribution in [3.8, 4) is 0 Å². The molecule has 0 spiro atoms. The van der Waals surface area contributed by atoms with Gasteiger partial charge in [0, 0.05) is 5.02 Å². The molecule has 3 aromatic rings. The minimum atomic E-state index is -0.517.